The van der Waals surface area contributed by atoms with Crippen molar-refractivity contribution in [1.82, 2.24) is 15.3 Å². The number of hydrogen-bond donors (Lipinski definition) is 2. The summed E-state index contributed by atoms with van der Waals surface area (Å²) in [7, 11) is 0. The van der Waals surface area contributed by atoms with E-state index >= 15 is 0 Å². The Morgan fingerprint density at radius 1 is 0.926 bits per heavy atom. The summed E-state index contributed by atoms with van der Waals surface area (Å²) in [4.78, 5) is 20.3. The van der Waals surface area contributed by atoms with E-state index in [1.54, 1.807) is 24.3 Å². The number of imidazole rings is 1. The molecule has 2 N–H and O–H groups in total. The molecule has 0 saturated carbocycles. The summed E-state index contributed by atoms with van der Waals surface area (Å²) in [6, 6.07) is 24.2. The van der Waals surface area contributed by atoms with Crippen LogP contribution < -0.4 is 10.1 Å². The van der Waals surface area contributed by atoms with Gasteiger partial charge in [-0.25, -0.2) is 4.98 Å². The Hall–Kier alpha value is -3.60. The van der Waals surface area contributed by atoms with Crippen LogP contribution in [0, 0.1) is 0 Å². The van der Waals surface area contributed by atoms with Gasteiger partial charge in [-0.05, 0) is 55.5 Å². The van der Waals surface area contributed by atoms with E-state index in [1.165, 1.54) is 0 Å². The van der Waals surface area contributed by atoms with Gasteiger partial charge in [-0.15, -0.1) is 0 Å². The molecule has 1 heterocycles. The van der Waals surface area contributed by atoms with Crippen LogP contribution in [0.1, 0.15) is 29.1 Å². The SMILES string of the molecule is C[C@@H](NC(=O)c1ccc(Oc2ccccc2)cc1)c1nc2ccccc2[nH]1. The van der Waals surface area contributed by atoms with Crippen molar-refractivity contribution in [3.05, 3.63) is 90.3 Å². The zero-order valence-corrected chi connectivity index (χ0v) is 14.8. The fourth-order valence-corrected chi connectivity index (χ4v) is 2.82. The molecule has 4 aromatic rings. The van der Waals surface area contributed by atoms with Gasteiger partial charge in [0, 0.05) is 5.56 Å². The zero-order chi connectivity index (χ0) is 18.6. The van der Waals surface area contributed by atoms with Crippen molar-refractivity contribution in [2.45, 2.75) is 13.0 Å². The summed E-state index contributed by atoms with van der Waals surface area (Å²) in [5.74, 6) is 2.01. The molecule has 1 atom stereocenters. The van der Waals surface area contributed by atoms with Crippen molar-refractivity contribution >= 4 is 16.9 Å². The van der Waals surface area contributed by atoms with Crippen LogP contribution in [0.25, 0.3) is 11.0 Å². The fourth-order valence-electron chi connectivity index (χ4n) is 2.82. The Bertz CT molecular complexity index is 1020. The smallest absolute Gasteiger partial charge is 0.251 e. The Morgan fingerprint density at radius 2 is 1.59 bits per heavy atom. The van der Waals surface area contributed by atoms with Gasteiger partial charge in [-0.1, -0.05) is 30.3 Å². The number of fused-ring (bicyclic) bond motifs is 1. The Kier molecular flexibility index (Phi) is 4.58. The molecule has 4 rings (SSSR count). The average molecular weight is 357 g/mol. The van der Waals surface area contributed by atoms with Gasteiger partial charge in [0.2, 0.25) is 0 Å². The Morgan fingerprint density at radius 3 is 2.33 bits per heavy atom. The molecule has 3 aromatic carbocycles. The first-order valence-electron chi connectivity index (χ1n) is 8.77. The van der Waals surface area contributed by atoms with E-state index < -0.39 is 0 Å². The van der Waals surface area contributed by atoms with Crippen LogP contribution in [0.2, 0.25) is 0 Å². The summed E-state index contributed by atoms with van der Waals surface area (Å²) in [6.45, 7) is 1.91. The van der Waals surface area contributed by atoms with Crippen molar-refractivity contribution in [2.75, 3.05) is 0 Å². The monoisotopic (exact) mass is 357 g/mol. The van der Waals surface area contributed by atoms with Crippen LogP contribution in [0.5, 0.6) is 11.5 Å². The van der Waals surface area contributed by atoms with Gasteiger partial charge in [-0.3, -0.25) is 4.79 Å². The summed E-state index contributed by atoms with van der Waals surface area (Å²) in [5.41, 5.74) is 2.41. The Balaban J connectivity index is 1.43. The molecular weight excluding hydrogens is 338 g/mol. The lowest BCUT2D eigenvalue weighted by molar-refractivity contribution is 0.0938. The van der Waals surface area contributed by atoms with Crippen molar-refractivity contribution in [1.29, 1.82) is 0 Å². The van der Waals surface area contributed by atoms with Crippen molar-refractivity contribution in [3.8, 4) is 11.5 Å². The summed E-state index contributed by atoms with van der Waals surface area (Å²) in [5, 5.41) is 2.97. The summed E-state index contributed by atoms with van der Waals surface area (Å²) >= 11 is 0. The molecule has 1 amide bonds. The molecule has 0 fully saturated rings. The number of hydrogen-bond acceptors (Lipinski definition) is 3. The molecule has 0 saturated heterocycles. The number of rotatable bonds is 5. The molecule has 0 unspecified atom stereocenters. The van der Waals surface area contributed by atoms with E-state index in [0.717, 1.165) is 22.6 Å². The van der Waals surface area contributed by atoms with Crippen molar-refractivity contribution in [2.24, 2.45) is 0 Å². The van der Waals surface area contributed by atoms with E-state index in [4.69, 9.17) is 4.74 Å². The summed E-state index contributed by atoms with van der Waals surface area (Å²) in [6.07, 6.45) is 0. The molecule has 1 aromatic heterocycles. The highest BCUT2D eigenvalue weighted by atomic mass is 16.5. The van der Waals surface area contributed by atoms with E-state index in [9.17, 15) is 4.79 Å². The normalized spacial score (nSPS) is 11.9. The molecular formula is C22H19N3O2. The third kappa shape index (κ3) is 3.82. The predicted molar refractivity (Wildman–Crippen MR) is 105 cm³/mol. The van der Waals surface area contributed by atoms with Gasteiger partial charge in [0.1, 0.15) is 17.3 Å². The second-order valence-electron chi connectivity index (χ2n) is 6.27. The maximum atomic E-state index is 12.5. The van der Waals surface area contributed by atoms with Gasteiger partial charge in [0.05, 0.1) is 17.1 Å². The highest BCUT2D eigenvalue weighted by Crippen LogP contribution is 2.21. The second-order valence-corrected chi connectivity index (χ2v) is 6.27. The molecule has 5 nitrogen and oxygen atoms in total. The number of aromatic amines is 1. The second kappa shape index (κ2) is 7.33. The van der Waals surface area contributed by atoms with Gasteiger partial charge in [-0.2, -0.15) is 0 Å². The highest BCUT2D eigenvalue weighted by Gasteiger charge is 2.15. The fraction of sp³-hybridized carbons (Fsp3) is 0.0909. The number of carbonyl (C=O) groups is 1. The highest BCUT2D eigenvalue weighted by molar-refractivity contribution is 5.94. The first-order chi connectivity index (χ1) is 13.2. The van der Waals surface area contributed by atoms with Crippen LogP contribution >= 0.6 is 0 Å². The number of para-hydroxylation sites is 3. The van der Waals surface area contributed by atoms with E-state index in [1.807, 2.05) is 61.5 Å². The maximum absolute atomic E-state index is 12.5. The lowest BCUT2D eigenvalue weighted by Gasteiger charge is -2.12. The first-order valence-corrected chi connectivity index (χ1v) is 8.77. The third-order valence-electron chi connectivity index (χ3n) is 4.26. The standard InChI is InChI=1S/C22H19N3O2/c1-15(21-24-19-9-5-6-10-20(19)25-21)23-22(26)16-11-13-18(14-12-16)27-17-7-3-2-4-8-17/h2-15H,1H3,(H,23,26)(H,24,25)/t15-/m1/s1. The number of aromatic nitrogens is 2. The number of nitrogens with zero attached hydrogens (tertiary/aromatic N) is 1. The molecule has 5 heteroatoms. The van der Waals surface area contributed by atoms with Crippen molar-refractivity contribution < 1.29 is 9.53 Å². The number of amides is 1. The first kappa shape index (κ1) is 16.8. The lowest BCUT2D eigenvalue weighted by Crippen LogP contribution is -2.27. The van der Waals surface area contributed by atoms with Crippen LogP contribution in [0.3, 0.4) is 0 Å². The van der Waals surface area contributed by atoms with E-state index in [2.05, 4.69) is 15.3 Å². The number of nitrogens with one attached hydrogen (secondary N) is 2. The topological polar surface area (TPSA) is 67.0 Å². The molecule has 0 spiro atoms. The van der Waals surface area contributed by atoms with Crippen molar-refractivity contribution in [3.63, 3.8) is 0 Å². The van der Waals surface area contributed by atoms with Crippen LogP contribution in [0.4, 0.5) is 0 Å². The van der Waals surface area contributed by atoms with E-state index in [-0.39, 0.29) is 11.9 Å². The van der Waals surface area contributed by atoms with Crippen LogP contribution in [0.15, 0.2) is 78.9 Å². The maximum Gasteiger partial charge on any atom is 0.251 e. The molecule has 0 aliphatic rings. The third-order valence-corrected chi connectivity index (χ3v) is 4.26. The number of benzene rings is 3. The largest absolute Gasteiger partial charge is 0.457 e. The molecule has 0 aliphatic carbocycles. The number of carbonyl (C=O) groups excluding carboxylic acids is 1. The minimum atomic E-state index is -0.231. The number of ether oxygens (including phenoxy) is 1. The molecule has 134 valence electrons. The van der Waals surface area contributed by atoms with Gasteiger partial charge >= 0.3 is 0 Å². The zero-order valence-electron chi connectivity index (χ0n) is 14.8. The minimum Gasteiger partial charge on any atom is -0.457 e. The summed E-state index contributed by atoms with van der Waals surface area (Å²) < 4.78 is 5.75. The Labute approximate surface area is 157 Å². The molecule has 0 radical (unpaired) electrons. The number of H-pyrrole nitrogens is 1. The average Bonchev–Trinajstić information content (AvgIpc) is 3.14. The van der Waals surface area contributed by atoms with Gasteiger partial charge in [0.25, 0.3) is 5.91 Å². The minimum absolute atomic E-state index is 0.158. The van der Waals surface area contributed by atoms with Crippen LogP contribution in [-0.2, 0) is 0 Å². The van der Waals surface area contributed by atoms with Crippen LogP contribution in [-0.4, -0.2) is 15.9 Å². The van der Waals surface area contributed by atoms with Gasteiger partial charge in [0.15, 0.2) is 0 Å². The van der Waals surface area contributed by atoms with E-state index in [0.29, 0.717) is 11.3 Å². The molecule has 27 heavy (non-hydrogen) atoms. The molecule has 0 bridgehead atoms. The van der Waals surface area contributed by atoms with Gasteiger partial charge < -0.3 is 15.0 Å². The quantitative estimate of drug-likeness (QED) is 0.537. The lowest BCUT2D eigenvalue weighted by atomic mass is 10.2. The molecule has 0 aliphatic heterocycles. The predicted octanol–water partition coefficient (Wildman–Crippen LogP) is 4.85.